The molecule has 0 fully saturated rings. The monoisotopic (exact) mass is 314 g/mol. The molecule has 0 atom stereocenters. The Morgan fingerprint density at radius 1 is 1.58 bits per heavy atom. The van der Waals surface area contributed by atoms with Crippen LogP contribution in [-0.2, 0) is 65.4 Å². The maximum absolute atomic E-state index is 10.0. The molecule has 2 radical (unpaired) electrons. The van der Waals surface area contributed by atoms with Crippen LogP contribution in [0.2, 0.25) is 0 Å². The minimum atomic E-state index is -0.577. The third-order valence-electron chi connectivity index (χ3n) is 0.939. The summed E-state index contributed by atoms with van der Waals surface area (Å²) in [5.74, 6) is 0. The number of aromatic nitrogens is 1. The Balaban J connectivity index is 0. The van der Waals surface area contributed by atoms with Gasteiger partial charge in [0.1, 0.15) is 0 Å². The molecule has 0 bridgehead atoms. The first-order valence-electron chi connectivity index (χ1n) is 2.61. The third-order valence-corrected chi connectivity index (χ3v) is 0.939. The quantitative estimate of drug-likeness (QED) is 0.439. The molecule has 1 aromatic heterocycles. The molecule has 0 N–H and O–H groups in total. The van der Waals surface area contributed by atoms with Crippen LogP contribution in [0, 0.1) is 29.3 Å². The van der Waals surface area contributed by atoms with Gasteiger partial charge in [-0.1, -0.05) is 0 Å². The van der Waals surface area contributed by atoms with Crippen molar-refractivity contribution in [2.24, 2.45) is 0 Å². The van der Waals surface area contributed by atoms with E-state index in [2.05, 4.69) is 17.2 Å². The molecule has 6 heteroatoms. The molecule has 4 nitrogen and oxygen atoms in total. The summed E-state index contributed by atoms with van der Waals surface area (Å²) >= 11 is 0. The van der Waals surface area contributed by atoms with Gasteiger partial charge in [-0.15, -0.1) is 6.92 Å². The van der Waals surface area contributed by atoms with E-state index in [0.29, 0.717) is 5.69 Å². The first-order valence-corrected chi connectivity index (χ1v) is 2.61. The van der Waals surface area contributed by atoms with E-state index in [0.717, 1.165) is 0 Å². The van der Waals surface area contributed by atoms with E-state index in [1.54, 1.807) is 6.92 Å². The standard InChI is InChI=1S/C6H4N2O2.2Y/c1-5-2-3-6(4-7-5)8(9)10;;/h2H,1H3;;/q-2;;. The summed E-state index contributed by atoms with van der Waals surface area (Å²) < 4.78 is 0. The van der Waals surface area contributed by atoms with Gasteiger partial charge in [0.2, 0.25) is 0 Å². The molecular formula is C6H4N2O2Y2-2. The molecule has 58 valence electrons. The number of aryl methyl sites for hydroxylation is 1. The van der Waals surface area contributed by atoms with Crippen LogP contribution >= 0.6 is 0 Å². The number of hydrogen-bond acceptors (Lipinski definition) is 3. The summed E-state index contributed by atoms with van der Waals surface area (Å²) in [6.07, 6.45) is 2.23. The second kappa shape index (κ2) is 7.19. The topological polar surface area (TPSA) is 56.0 Å². The Labute approximate surface area is 120 Å². The molecule has 12 heavy (non-hydrogen) atoms. The van der Waals surface area contributed by atoms with Crippen molar-refractivity contribution in [2.75, 3.05) is 0 Å². The summed E-state index contributed by atoms with van der Waals surface area (Å²) in [4.78, 5) is 13.0. The number of nitrogens with zero attached hydrogens (tertiary/aromatic N) is 2. The summed E-state index contributed by atoms with van der Waals surface area (Å²) in [5, 5.41) is 10.0. The van der Waals surface area contributed by atoms with Crippen molar-refractivity contribution >= 4 is 5.69 Å². The molecule has 0 aliphatic carbocycles. The molecule has 0 aromatic carbocycles. The Morgan fingerprint density at radius 2 is 2.17 bits per heavy atom. The molecule has 0 aliphatic rings. The average molecular weight is 314 g/mol. The van der Waals surface area contributed by atoms with Crippen molar-refractivity contribution in [3.63, 3.8) is 0 Å². The van der Waals surface area contributed by atoms with Crippen LogP contribution in [0.4, 0.5) is 5.69 Å². The zero-order chi connectivity index (χ0) is 7.56. The zero-order valence-corrected chi connectivity index (χ0v) is 12.1. The molecule has 1 heterocycles. The summed E-state index contributed by atoms with van der Waals surface area (Å²) in [6.45, 7) is 1.72. The van der Waals surface area contributed by atoms with E-state index >= 15 is 0 Å². The van der Waals surface area contributed by atoms with Crippen LogP contribution in [0.15, 0.2) is 6.07 Å². The second-order valence-electron chi connectivity index (χ2n) is 1.76. The van der Waals surface area contributed by atoms with Gasteiger partial charge in [0.05, 0.1) is 5.69 Å². The van der Waals surface area contributed by atoms with Gasteiger partial charge in [-0.3, -0.25) is 22.2 Å². The number of nitro groups is 1. The van der Waals surface area contributed by atoms with Gasteiger partial charge in [0, 0.05) is 70.3 Å². The maximum atomic E-state index is 10.0. The normalized spacial score (nSPS) is 7.75. The van der Waals surface area contributed by atoms with Gasteiger partial charge < -0.3 is 4.98 Å². The number of hydrogen-bond donors (Lipinski definition) is 0. The summed E-state index contributed by atoms with van der Waals surface area (Å²) in [6, 6.07) is 3.87. The SMILES string of the molecule is Cc1c[c-]c([N+](=O)[O-])[c-]n1.[Y].[Y]. The van der Waals surface area contributed by atoms with Crippen LogP contribution in [0.25, 0.3) is 0 Å². The smallest absolute Gasteiger partial charge is 0.0522 e. The predicted molar refractivity (Wildman–Crippen MR) is 33.3 cm³/mol. The Hall–Kier alpha value is 0.758. The van der Waals surface area contributed by atoms with E-state index in [1.165, 1.54) is 6.07 Å². The first-order chi connectivity index (χ1) is 4.70. The summed E-state index contributed by atoms with van der Waals surface area (Å²) in [5.41, 5.74) is 0.455. The molecule has 1 aromatic rings. The predicted octanol–water partition coefficient (Wildman–Crippen LogP) is 0.894. The fourth-order valence-electron chi connectivity index (χ4n) is 0.472. The van der Waals surface area contributed by atoms with E-state index < -0.39 is 4.92 Å². The van der Waals surface area contributed by atoms with Gasteiger partial charge >= 0.3 is 0 Å². The number of rotatable bonds is 1. The van der Waals surface area contributed by atoms with E-state index in [1.807, 2.05) is 0 Å². The number of pyridine rings is 1. The maximum Gasteiger partial charge on any atom is 0.0522 e. The second-order valence-corrected chi connectivity index (χ2v) is 1.76. The molecule has 0 spiro atoms. The molecule has 1 rings (SSSR count). The van der Waals surface area contributed by atoms with Gasteiger partial charge in [-0.2, -0.15) is 11.9 Å². The molecule has 0 saturated carbocycles. The van der Waals surface area contributed by atoms with Crippen LogP contribution < -0.4 is 0 Å². The molecule has 0 unspecified atom stereocenters. The molecule has 0 amide bonds. The minimum Gasteiger partial charge on any atom is -0.519 e. The van der Waals surface area contributed by atoms with Gasteiger partial charge in [0.15, 0.2) is 0 Å². The van der Waals surface area contributed by atoms with Gasteiger partial charge in [0.25, 0.3) is 0 Å². The third kappa shape index (κ3) is 4.70. The van der Waals surface area contributed by atoms with Crippen molar-refractivity contribution < 1.29 is 70.3 Å². The first kappa shape index (κ1) is 15.2. The fourth-order valence-corrected chi connectivity index (χ4v) is 0.472. The van der Waals surface area contributed by atoms with Crippen molar-refractivity contribution in [1.29, 1.82) is 0 Å². The van der Waals surface area contributed by atoms with Crippen LogP contribution in [0.1, 0.15) is 5.69 Å². The molecular weight excluding hydrogens is 310 g/mol. The van der Waals surface area contributed by atoms with Crippen molar-refractivity contribution in [2.45, 2.75) is 6.92 Å². The van der Waals surface area contributed by atoms with E-state index in [-0.39, 0.29) is 71.1 Å². The van der Waals surface area contributed by atoms with Gasteiger partial charge in [-0.25, -0.2) is 0 Å². The minimum absolute atomic E-state index is 0. The molecule has 0 saturated heterocycles. The van der Waals surface area contributed by atoms with E-state index in [4.69, 9.17) is 0 Å². The van der Waals surface area contributed by atoms with Crippen molar-refractivity contribution in [3.05, 3.63) is 34.1 Å². The van der Waals surface area contributed by atoms with Crippen molar-refractivity contribution in [1.82, 2.24) is 4.98 Å². The van der Waals surface area contributed by atoms with Crippen LogP contribution in [-0.4, -0.2) is 9.91 Å². The Bertz CT molecular complexity index is 250. The Kier molecular flexibility index (Phi) is 9.13. The van der Waals surface area contributed by atoms with E-state index in [9.17, 15) is 10.1 Å². The molecule has 0 aliphatic heterocycles. The fraction of sp³-hybridized carbons (Fsp3) is 0.167. The zero-order valence-electron chi connectivity index (χ0n) is 6.44. The van der Waals surface area contributed by atoms with Crippen LogP contribution in [0.5, 0.6) is 0 Å². The Morgan fingerprint density at radius 3 is 2.50 bits per heavy atom. The van der Waals surface area contributed by atoms with Crippen LogP contribution in [0.3, 0.4) is 0 Å². The summed E-state index contributed by atoms with van der Waals surface area (Å²) in [7, 11) is 0. The largest absolute Gasteiger partial charge is 0.519 e. The van der Waals surface area contributed by atoms with Crippen molar-refractivity contribution in [3.8, 4) is 0 Å². The van der Waals surface area contributed by atoms with Gasteiger partial charge in [-0.05, 0) is 0 Å². The average Bonchev–Trinajstić information content (AvgIpc) is 1.88.